The van der Waals surface area contributed by atoms with Gasteiger partial charge >= 0.3 is 5.97 Å². The van der Waals surface area contributed by atoms with Crippen molar-refractivity contribution in [3.63, 3.8) is 0 Å². The Morgan fingerprint density at radius 3 is 1.95 bits per heavy atom. The molecule has 5 aromatic rings. The lowest BCUT2D eigenvalue weighted by atomic mass is 10.2. The van der Waals surface area contributed by atoms with Gasteiger partial charge in [-0.25, -0.2) is 14.5 Å². The zero-order valence-electron chi connectivity index (χ0n) is 20.2. The number of rotatable bonds is 7. The number of halogens is 1. The van der Waals surface area contributed by atoms with Crippen molar-refractivity contribution in [3.8, 4) is 0 Å². The summed E-state index contributed by atoms with van der Waals surface area (Å²) in [7, 11) is -2.66. The molecule has 37 heavy (non-hydrogen) atoms. The van der Waals surface area contributed by atoms with Crippen LogP contribution in [0.3, 0.4) is 0 Å². The summed E-state index contributed by atoms with van der Waals surface area (Å²) in [6, 6.07) is 34.5. The molecule has 5 rings (SSSR count). The first-order valence-corrected chi connectivity index (χ1v) is 14.5. The van der Waals surface area contributed by atoms with Crippen molar-refractivity contribution in [2.45, 2.75) is 6.92 Å². The van der Waals surface area contributed by atoms with Crippen molar-refractivity contribution < 1.29 is 9.53 Å². The van der Waals surface area contributed by atoms with Gasteiger partial charge in [0.2, 0.25) is 0 Å². The standard InChI is InChI=1S/C30H25BrN3O2P/c1-2-36-30(35)27(21-23-13-12-20-34-22-28(31)32-29(23)34)33-37(24-14-6-3-7-15-24,25-16-8-4-9-17-25)26-18-10-5-11-19-26/h3-22H,2H2,1H3/b27-21+. The molecule has 0 atom stereocenters. The largest absolute Gasteiger partial charge is 0.461 e. The fourth-order valence-electron chi connectivity index (χ4n) is 4.31. The number of imidazole rings is 1. The molecule has 0 aliphatic carbocycles. The molecule has 7 heteroatoms. The molecule has 0 N–H and O–H groups in total. The van der Waals surface area contributed by atoms with E-state index in [0.29, 0.717) is 4.60 Å². The molecule has 2 heterocycles. The number of carbonyl (C=O) groups is 1. The van der Waals surface area contributed by atoms with Gasteiger partial charge in [-0.3, -0.25) is 0 Å². The summed E-state index contributed by atoms with van der Waals surface area (Å²) in [5, 5.41) is 3.14. The fourth-order valence-corrected chi connectivity index (χ4v) is 8.21. The number of fused-ring (bicyclic) bond motifs is 1. The van der Waals surface area contributed by atoms with Gasteiger partial charge in [-0.2, -0.15) is 0 Å². The van der Waals surface area contributed by atoms with Gasteiger partial charge in [0.25, 0.3) is 0 Å². The molecule has 3 aromatic carbocycles. The Morgan fingerprint density at radius 2 is 1.43 bits per heavy atom. The second-order valence-corrected chi connectivity index (χ2v) is 12.1. The number of esters is 1. The van der Waals surface area contributed by atoms with E-state index in [9.17, 15) is 4.79 Å². The number of ether oxygens (including phenoxy) is 1. The van der Waals surface area contributed by atoms with Crippen LogP contribution >= 0.6 is 23.0 Å². The molecule has 0 unspecified atom stereocenters. The lowest BCUT2D eigenvalue weighted by Gasteiger charge is -2.27. The summed E-state index contributed by atoms with van der Waals surface area (Å²) in [6.45, 7) is 2.05. The average molecular weight is 570 g/mol. The fraction of sp³-hybridized carbons (Fsp3) is 0.0667. The number of hydrogen-bond acceptors (Lipinski definition) is 4. The van der Waals surface area contributed by atoms with Gasteiger partial charge in [0.15, 0.2) is 0 Å². The van der Waals surface area contributed by atoms with Crippen LogP contribution in [-0.2, 0) is 9.53 Å². The number of pyridine rings is 1. The first kappa shape index (κ1) is 24.9. The van der Waals surface area contributed by atoms with Crippen molar-refractivity contribution in [1.82, 2.24) is 9.38 Å². The molecule has 2 aromatic heterocycles. The lowest BCUT2D eigenvalue weighted by molar-refractivity contribution is -0.138. The van der Waals surface area contributed by atoms with E-state index in [2.05, 4.69) is 57.3 Å². The highest BCUT2D eigenvalue weighted by Crippen LogP contribution is 2.48. The minimum absolute atomic E-state index is 0.248. The van der Waals surface area contributed by atoms with Gasteiger partial charge < -0.3 is 9.14 Å². The minimum atomic E-state index is -2.66. The molecule has 5 nitrogen and oxygen atoms in total. The van der Waals surface area contributed by atoms with E-state index in [1.807, 2.05) is 83.5 Å². The zero-order chi connectivity index (χ0) is 25.7. The van der Waals surface area contributed by atoms with E-state index in [-0.39, 0.29) is 12.3 Å². The Labute approximate surface area is 224 Å². The Bertz CT molecular complexity index is 1510. The van der Waals surface area contributed by atoms with Crippen LogP contribution in [0, 0.1) is 0 Å². The second-order valence-electron chi connectivity index (χ2n) is 8.25. The van der Waals surface area contributed by atoms with E-state index in [0.717, 1.165) is 27.1 Å². The molecule has 0 bridgehead atoms. The van der Waals surface area contributed by atoms with Crippen LogP contribution in [0.4, 0.5) is 0 Å². The van der Waals surface area contributed by atoms with Gasteiger partial charge in [-0.15, -0.1) is 0 Å². The maximum atomic E-state index is 13.5. The summed E-state index contributed by atoms with van der Waals surface area (Å²) >= 11 is 3.46. The van der Waals surface area contributed by atoms with Crippen LogP contribution in [0.1, 0.15) is 12.5 Å². The highest BCUT2D eigenvalue weighted by atomic mass is 79.9. The SMILES string of the molecule is CCOC(=O)/C(=C\c1cccn2cc(Br)nc12)N=P(c1ccccc1)(c1ccccc1)c1ccccc1. The number of aromatic nitrogens is 2. The molecule has 184 valence electrons. The molecule has 0 spiro atoms. The van der Waals surface area contributed by atoms with Crippen LogP contribution in [0.25, 0.3) is 11.7 Å². The van der Waals surface area contributed by atoms with E-state index in [1.54, 1.807) is 13.0 Å². The van der Waals surface area contributed by atoms with Crippen molar-refractivity contribution in [3.05, 3.63) is 131 Å². The van der Waals surface area contributed by atoms with Gasteiger partial charge in [0.05, 0.1) is 13.7 Å². The van der Waals surface area contributed by atoms with Gasteiger partial charge in [0, 0.05) is 33.9 Å². The highest BCUT2D eigenvalue weighted by Gasteiger charge is 2.29. The monoisotopic (exact) mass is 569 g/mol. The zero-order valence-corrected chi connectivity index (χ0v) is 22.7. The quantitative estimate of drug-likeness (QED) is 0.134. The second kappa shape index (κ2) is 11.1. The maximum Gasteiger partial charge on any atom is 0.356 e. The van der Waals surface area contributed by atoms with Crippen molar-refractivity contribution >= 4 is 56.6 Å². The van der Waals surface area contributed by atoms with E-state index >= 15 is 0 Å². The van der Waals surface area contributed by atoms with Crippen molar-refractivity contribution in [1.29, 1.82) is 0 Å². The smallest absolute Gasteiger partial charge is 0.356 e. The summed E-state index contributed by atoms with van der Waals surface area (Å²) in [5.41, 5.74) is 1.74. The summed E-state index contributed by atoms with van der Waals surface area (Å²) < 4.78 is 13.5. The summed E-state index contributed by atoms with van der Waals surface area (Å²) in [6.07, 6.45) is 5.58. The molecular weight excluding hydrogens is 545 g/mol. The molecule has 0 aliphatic rings. The Balaban J connectivity index is 1.88. The average Bonchev–Trinajstić information content (AvgIpc) is 3.34. The first-order chi connectivity index (χ1) is 18.1. The predicted molar refractivity (Wildman–Crippen MR) is 155 cm³/mol. The van der Waals surface area contributed by atoms with Crippen LogP contribution in [0.15, 0.2) is 131 Å². The molecule has 0 saturated carbocycles. The number of carbonyl (C=O) groups excluding carboxylic acids is 1. The van der Waals surface area contributed by atoms with E-state index < -0.39 is 13.0 Å². The summed E-state index contributed by atoms with van der Waals surface area (Å²) in [4.78, 5) is 18.1. The maximum absolute atomic E-state index is 13.5. The Morgan fingerprint density at radius 1 is 0.892 bits per heavy atom. The number of benzene rings is 3. The van der Waals surface area contributed by atoms with Gasteiger partial charge in [-0.05, 0) is 41.1 Å². The molecular formula is C30H25BrN3O2P. The number of hydrogen-bond donors (Lipinski definition) is 0. The molecule has 0 fully saturated rings. The number of nitrogens with zero attached hydrogens (tertiary/aromatic N) is 3. The molecule has 0 aliphatic heterocycles. The van der Waals surface area contributed by atoms with Crippen molar-refractivity contribution in [2.24, 2.45) is 4.74 Å². The van der Waals surface area contributed by atoms with Crippen LogP contribution in [0.5, 0.6) is 0 Å². The minimum Gasteiger partial charge on any atom is -0.461 e. The highest BCUT2D eigenvalue weighted by molar-refractivity contribution is 9.10. The van der Waals surface area contributed by atoms with E-state index in [4.69, 9.17) is 9.48 Å². The van der Waals surface area contributed by atoms with Gasteiger partial charge in [-0.1, -0.05) is 91.0 Å². The third-order valence-corrected chi connectivity index (χ3v) is 9.94. The Hall–Kier alpha value is -3.73. The molecule has 0 amide bonds. The normalized spacial score (nSPS) is 11.9. The van der Waals surface area contributed by atoms with E-state index in [1.165, 1.54) is 0 Å². The molecule has 0 saturated heterocycles. The van der Waals surface area contributed by atoms with Gasteiger partial charge in [0.1, 0.15) is 15.9 Å². The topological polar surface area (TPSA) is 56.0 Å². The molecule has 0 radical (unpaired) electrons. The third kappa shape index (κ3) is 5.08. The van der Waals surface area contributed by atoms with Crippen LogP contribution in [-0.4, -0.2) is 22.0 Å². The predicted octanol–water partition coefficient (Wildman–Crippen LogP) is 6.18. The summed E-state index contributed by atoms with van der Waals surface area (Å²) in [5.74, 6) is -0.470. The first-order valence-electron chi connectivity index (χ1n) is 11.9. The third-order valence-electron chi connectivity index (χ3n) is 5.91. The Kier molecular flexibility index (Phi) is 7.50. The lowest BCUT2D eigenvalue weighted by Crippen LogP contribution is -2.26. The van der Waals surface area contributed by atoms with Crippen LogP contribution in [0.2, 0.25) is 0 Å². The van der Waals surface area contributed by atoms with Crippen LogP contribution < -0.4 is 15.9 Å². The van der Waals surface area contributed by atoms with Crippen molar-refractivity contribution in [2.75, 3.05) is 6.61 Å².